The zero-order valence-corrected chi connectivity index (χ0v) is 11.5. The molecule has 100 valence electrons. The molecule has 0 radical (unpaired) electrons. The van der Waals surface area contributed by atoms with Crippen LogP contribution in [-0.4, -0.2) is 10.8 Å². The first-order chi connectivity index (χ1) is 9.75. The van der Waals surface area contributed by atoms with Gasteiger partial charge in [-0.15, -0.1) is 0 Å². The third kappa shape index (κ3) is 2.37. The van der Waals surface area contributed by atoms with E-state index in [0.29, 0.717) is 0 Å². The SMILES string of the molecule is C[C@@H](Cc1ccccc1)C(=O)c1c[nH]c2ccccc12. The van der Waals surface area contributed by atoms with Gasteiger partial charge in [0.25, 0.3) is 0 Å². The quantitative estimate of drug-likeness (QED) is 0.702. The minimum atomic E-state index is -0.0170. The van der Waals surface area contributed by atoms with Crippen LogP contribution in [0.1, 0.15) is 22.8 Å². The number of para-hydroxylation sites is 1. The third-order valence-electron chi connectivity index (χ3n) is 3.69. The summed E-state index contributed by atoms with van der Waals surface area (Å²) in [5.74, 6) is 0.183. The Bertz CT molecular complexity index is 727. The van der Waals surface area contributed by atoms with Crippen LogP contribution in [0.5, 0.6) is 0 Å². The van der Waals surface area contributed by atoms with Crippen molar-refractivity contribution in [3.05, 3.63) is 71.9 Å². The van der Waals surface area contributed by atoms with Crippen molar-refractivity contribution in [1.29, 1.82) is 0 Å². The van der Waals surface area contributed by atoms with E-state index in [1.807, 2.05) is 55.6 Å². The van der Waals surface area contributed by atoms with Crippen LogP contribution in [0.2, 0.25) is 0 Å². The molecule has 2 nitrogen and oxygen atoms in total. The number of H-pyrrole nitrogens is 1. The molecule has 0 bridgehead atoms. The summed E-state index contributed by atoms with van der Waals surface area (Å²) < 4.78 is 0. The van der Waals surface area contributed by atoms with Gasteiger partial charge in [0.05, 0.1) is 0 Å². The molecule has 0 aliphatic heterocycles. The first kappa shape index (κ1) is 12.7. The highest BCUT2D eigenvalue weighted by atomic mass is 16.1. The normalized spacial score (nSPS) is 12.4. The topological polar surface area (TPSA) is 32.9 Å². The molecule has 2 heteroatoms. The van der Waals surface area contributed by atoms with Gasteiger partial charge in [-0.1, -0.05) is 55.5 Å². The summed E-state index contributed by atoms with van der Waals surface area (Å²) in [4.78, 5) is 15.8. The second-order valence-electron chi connectivity index (χ2n) is 5.20. The lowest BCUT2D eigenvalue weighted by Gasteiger charge is -2.09. The number of Topliss-reactive ketones (excluding diaryl/α,β-unsaturated/α-hetero) is 1. The summed E-state index contributed by atoms with van der Waals surface area (Å²) in [5, 5.41) is 1.01. The summed E-state index contributed by atoms with van der Waals surface area (Å²) in [6.45, 7) is 2.00. The Morgan fingerprint density at radius 3 is 2.55 bits per heavy atom. The largest absolute Gasteiger partial charge is 0.360 e. The first-order valence-corrected chi connectivity index (χ1v) is 6.90. The van der Waals surface area contributed by atoms with E-state index in [2.05, 4.69) is 17.1 Å². The number of carbonyl (C=O) groups is 1. The number of nitrogens with one attached hydrogen (secondary N) is 1. The number of hydrogen-bond donors (Lipinski definition) is 1. The number of hydrogen-bond acceptors (Lipinski definition) is 1. The van der Waals surface area contributed by atoms with Crippen molar-refractivity contribution >= 4 is 16.7 Å². The molecular weight excluding hydrogens is 246 g/mol. The van der Waals surface area contributed by atoms with Crippen LogP contribution < -0.4 is 0 Å². The summed E-state index contributed by atoms with van der Waals surface area (Å²) in [5.41, 5.74) is 3.01. The van der Waals surface area contributed by atoms with E-state index in [-0.39, 0.29) is 11.7 Å². The summed E-state index contributed by atoms with van der Waals surface area (Å²) >= 11 is 0. The molecule has 3 aromatic rings. The van der Waals surface area contributed by atoms with E-state index in [4.69, 9.17) is 0 Å². The maximum atomic E-state index is 12.6. The number of fused-ring (bicyclic) bond motifs is 1. The second kappa shape index (κ2) is 5.33. The number of ketones is 1. The van der Waals surface area contributed by atoms with Crippen molar-refractivity contribution in [2.45, 2.75) is 13.3 Å². The number of aromatic amines is 1. The van der Waals surface area contributed by atoms with Crippen LogP contribution in [0.25, 0.3) is 10.9 Å². The van der Waals surface area contributed by atoms with Gasteiger partial charge in [-0.25, -0.2) is 0 Å². The van der Waals surface area contributed by atoms with Gasteiger partial charge in [-0.3, -0.25) is 4.79 Å². The van der Waals surface area contributed by atoms with E-state index in [1.165, 1.54) is 5.56 Å². The monoisotopic (exact) mass is 263 g/mol. The van der Waals surface area contributed by atoms with E-state index < -0.39 is 0 Å². The Labute approximate surface area is 118 Å². The number of rotatable bonds is 4. The molecule has 0 saturated carbocycles. The summed E-state index contributed by atoms with van der Waals surface area (Å²) in [7, 11) is 0. The Kier molecular flexibility index (Phi) is 3.38. The third-order valence-corrected chi connectivity index (χ3v) is 3.69. The van der Waals surface area contributed by atoms with Gasteiger partial charge in [-0.2, -0.15) is 0 Å². The molecule has 0 amide bonds. The van der Waals surface area contributed by atoms with Gasteiger partial charge in [0.15, 0.2) is 5.78 Å². The lowest BCUT2D eigenvalue weighted by molar-refractivity contribution is 0.0931. The van der Waals surface area contributed by atoms with Crippen LogP contribution in [0.15, 0.2) is 60.8 Å². The van der Waals surface area contributed by atoms with Crippen molar-refractivity contribution in [2.24, 2.45) is 5.92 Å². The molecule has 1 aromatic heterocycles. The standard InChI is InChI=1S/C18H17NO/c1-13(11-14-7-3-2-4-8-14)18(20)16-12-19-17-10-6-5-9-15(16)17/h2-10,12-13,19H,11H2,1H3/t13-/m0/s1. The zero-order chi connectivity index (χ0) is 13.9. The average molecular weight is 263 g/mol. The van der Waals surface area contributed by atoms with E-state index in [1.54, 1.807) is 0 Å². The molecule has 1 heterocycles. The molecule has 0 aliphatic rings. The molecule has 0 fully saturated rings. The number of aromatic nitrogens is 1. The van der Waals surface area contributed by atoms with Gasteiger partial charge in [0.2, 0.25) is 0 Å². The van der Waals surface area contributed by atoms with Crippen molar-refractivity contribution < 1.29 is 4.79 Å². The maximum absolute atomic E-state index is 12.6. The molecule has 20 heavy (non-hydrogen) atoms. The van der Waals surface area contributed by atoms with Crippen LogP contribution in [-0.2, 0) is 6.42 Å². The predicted octanol–water partition coefficient (Wildman–Crippen LogP) is 4.23. The lowest BCUT2D eigenvalue weighted by Crippen LogP contribution is -2.13. The Balaban J connectivity index is 1.85. The first-order valence-electron chi connectivity index (χ1n) is 6.90. The predicted molar refractivity (Wildman–Crippen MR) is 81.9 cm³/mol. The smallest absolute Gasteiger partial charge is 0.168 e. The van der Waals surface area contributed by atoms with Crippen LogP contribution in [0, 0.1) is 5.92 Å². The summed E-state index contributed by atoms with van der Waals surface area (Å²) in [6, 6.07) is 18.1. The maximum Gasteiger partial charge on any atom is 0.168 e. The molecule has 3 rings (SSSR count). The Morgan fingerprint density at radius 1 is 1.05 bits per heavy atom. The van der Waals surface area contributed by atoms with Crippen molar-refractivity contribution in [3.63, 3.8) is 0 Å². The van der Waals surface area contributed by atoms with Gasteiger partial charge in [0.1, 0.15) is 0 Å². The minimum Gasteiger partial charge on any atom is -0.360 e. The van der Waals surface area contributed by atoms with E-state index in [9.17, 15) is 4.79 Å². The highest BCUT2D eigenvalue weighted by molar-refractivity contribution is 6.08. The molecule has 1 atom stereocenters. The molecule has 1 N–H and O–H groups in total. The van der Waals surface area contributed by atoms with Crippen molar-refractivity contribution in [3.8, 4) is 0 Å². The van der Waals surface area contributed by atoms with Gasteiger partial charge >= 0.3 is 0 Å². The highest BCUT2D eigenvalue weighted by Crippen LogP contribution is 2.22. The molecular formula is C18H17NO. The number of carbonyl (C=O) groups excluding carboxylic acids is 1. The van der Waals surface area contributed by atoms with Crippen molar-refractivity contribution in [2.75, 3.05) is 0 Å². The molecule has 0 unspecified atom stereocenters. The van der Waals surface area contributed by atoms with E-state index >= 15 is 0 Å². The van der Waals surface area contributed by atoms with E-state index in [0.717, 1.165) is 22.9 Å². The summed E-state index contributed by atoms with van der Waals surface area (Å²) in [6.07, 6.45) is 2.60. The Morgan fingerprint density at radius 2 is 1.75 bits per heavy atom. The van der Waals surface area contributed by atoms with Crippen LogP contribution >= 0.6 is 0 Å². The van der Waals surface area contributed by atoms with Gasteiger partial charge in [-0.05, 0) is 18.1 Å². The van der Waals surface area contributed by atoms with Crippen LogP contribution in [0.3, 0.4) is 0 Å². The molecule has 0 saturated heterocycles. The zero-order valence-electron chi connectivity index (χ0n) is 11.5. The molecule has 2 aromatic carbocycles. The molecule has 0 aliphatic carbocycles. The van der Waals surface area contributed by atoms with Crippen LogP contribution in [0.4, 0.5) is 0 Å². The van der Waals surface area contributed by atoms with Gasteiger partial charge in [0, 0.05) is 28.6 Å². The fraction of sp³-hybridized carbons (Fsp3) is 0.167. The fourth-order valence-electron chi connectivity index (χ4n) is 2.60. The number of benzene rings is 2. The minimum absolute atomic E-state index is 0.0170. The lowest BCUT2D eigenvalue weighted by atomic mass is 9.93. The average Bonchev–Trinajstić information content (AvgIpc) is 2.91. The molecule has 0 spiro atoms. The van der Waals surface area contributed by atoms with Gasteiger partial charge < -0.3 is 4.98 Å². The second-order valence-corrected chi connectivity index (χ2v) is 5.20. The highest BCUT2D eigenvalue weighted by Gasteiger charge is 2.18. The fourth-order valence-corrected chi connectivity index (χ4v) is 2.60. The van der Waals surface area contributed by atoms with Crippen molar-refractivity contribution in [1.82, 2.24) is 4.98 Å². The Hall–Kier alpha value is -2.35.